The number of ether oxygens (including phenoxy) is 1. The quantitative estimate of drug-likeness (QED) is 0.791. The summed E-state index contributed by atoms with van der Waals surface area (Å²) in [6, 6.07) is 12.1. The average Bonchev–Trinajstić information content (AvgIpc) is 3.46. The molecule has 1 saturated carbocycles. The van der Waals surface area contributed by atoms with Gasteiger partial charge in [-0.3, -0.25) is 9.59 Å². The Bertz CT molecular complexity index is 831. The third-order valence-electron chi connectivity index (χ3n) is 3.86. The van der Waals surface area contributed by atoms with Gasteiger partial charge in [-0.25, -0.2) is 0 Å². The van der Waals surface area contributed by atoms with Crippen LogP contribution in [0.5, 0.6) is 5.75 Å². The third-order valence-corrected chi connectivity index (χ3v) is 3.86. The molecule has 1 aliphatic rings. The molecule has 0 bridgehead atoms. The maximum atomic E-state index is 12.3. The molecule has 0 spiro atoms. The molecule has 8 heteroatoms. The zero-order valence-corrected chi connectivity index (χ0v) is 14.2. The van der Waals surface area contributed by atoms with Crippen LogP contribution < -0.4 is 15.4 Å². The van der Waals surface area contributed by atoms with E-state index in [0.29, 0.717) is 16.9 Å². The number of carbonyl (C=O) groups excluding carboxylic acids is 2. The van der Waals surface area contributed by atoms with E-state index in [1.165, 1.54) is 24.3 Å². The van der Waals surface area contributed by atoms with E-state index in [1.807, 2.05) is 0 Å². The van der Waals surface area contributed by atoms with Crippen LogP contribution in [-0.4, -0.2) is 24.6 Å². The standard InChI is InChI=1S/C19H17F3N2O3/c20-19(21,22)11-27-16-8-6-14(7-9-16)23-18(26)13-2-1-3-15(10-13)24-17(25)12-4-5-12/h1-3,6-10,12H,4-5,11H2,(H,23,26)(H,24,25). The van der Waals surface area contributed by atoms with Gasteiger partial charge in [-0.2, -0.15) is 13.2 Å². The second-order valence-electron chi connectivity index (χ2n) is 6.23. The van der Waals surface area contributed by atoms with Crippen molar-refractivity contribution >= 4 is 23.2 Å². The van der Waals surface area contributed by atoms with E-state index < -0.39 is 18.7 Å². The van der Waals surface area contributed by atoms with Crippen molar-refractivity contribution in [3.05, 3.63) is 54.1 Å². The molecule has 5 nitrogen and oxygen atoms in total. The van der Waals surface area contributed by atoms with Gasteiger partial charge in [0, 0.05) is 22.9 Å². The van der Waals surface area contributed by atoms with Gasteiger partial charge in [0.1, 0.15) is 5.75 Å². The highest BCUT2D eigenvalue weighted by Gasteiger charge is 2.29. The van der Waals surface area contributed by atoms with Gasteiger partial charge in [0.05, 0.1) is 0 Å². The SMILES string of the molecule is O=C(Nc1ccc(OCC(F)(F)F)cc1)c1cccc(NC(=O)C2CC2)c1. The van der Waals surface area contributed by atoms with E-state index in [4.69, 9.17) is 0 Å². The van der Waals surface area contributed by atoms with Gasteiger partial charge >= 0.3 is 6.18 Å². The number of rotatable bonds is 6. The molecule has 2 N–H and O–H groups in total. The Labute approximate surface area is 153 Å². The zero-order chi connectivity index (χ0) is 19.4. The van der Waals surface area contributed by atoms with Gasteiger partial charge < -0.3 is 15.4 Å². The van der Waals surface area contributed by atoms with E-state index in [0.717, 1.165) is 12.8 Å². The predicted molar refractivity (Wildman–Crippen MR) is 93.7 cm³/mol. The first-order chi connectivity index (χ1) is 12.8. The van der Waals surface area contributed by atoms with Crippen LogP contribution >= 0.6 is 0 Å². The maximum absolute atomic E-state index is 12.3. The third kappa shape index (κ3) is 5.73. The predicted octanol–water partition coefficient (Wildman–Crippen LogP) is 4.23. The number of alkyl halides is 3. The topological polar surface area (TPSA) is 67.4 Å². The summed E-state index contributed by atoms with van der Waals surface area (Å²) in [7, 11) is 0. The molecular formula is C19H17F3N2O3. The Morgan fingerprint density at radius 1 is 1.00 bits per heavy atom. The number of amides is 2. The highest BCUT2D eigenvalue weighted by molar-refractivity contribution is 6.05. The Morgan fingerprint density at radius 2 is 1.70 bits per heavy atom. The molecule has 0 unspecified atom stereocenters. The highest BCUT2D eigenvalue weighted by atomic mass is 19.4. The lowest BCUT2D eigenvalue weighted by Crippen LogP contribution is -2.19. The van der Waals surface area contributed by atoms with E-state index >= 15 is 0 Å². The number of benzene rings is 2. The Hall–Kier alpha value is -3.03. The van der Waals surface area contributed by atoms with Crippen LogP contribution in [-0.2, 0) is 4.79 Å². The van der Waals surface area contributed by atoms with E-state index in [2.05, 4.69) is 15.4 Å². The molecule has 2 aromatic carbocycles. The van der Waals surface area contributed by atoms with Crippen molar-refractivity contribution in [3.8, 4) is 5.75 Å². The van der Waals surface area contributed by atoms with Crippen molar-refractivity contribution < 1.29 is 27.5 Å². The van der Waals surface area contributed by atoms with Crippen LogP contribution in [0.25, 0.3) is 0 Å². The summed E-state index contributed by atoms with van der Waals surface area (Å²) in [5, 5.41) is 5.41. The monoisotopic (exact) mass is 378 g/mol. The number of halogens is 3. The molecule has 1 fully saturated rings. The first kappa shape index (κ1) is 18.8. The molecule has 2 amide bonds. The minimum absolute atomic E-state index is 0.0510. The fourth-order valence-electron chi connectivity index (χ4n) is 2.33. The van der Waals surface area contributed by atoms with Crippen LogP contribution in [0.2, 0.25) is 0 Å². The molecule has 27 heavy (non-hydrogen) atoms. The molecule has 3 rings (SSSR count). The zero-order valence-electron chi connectivity index (χ0n) is 14.2. The van der Waals surface area contributed by atoms with Crippen LogP contribution in [0.1, 0.15) is 23.2 Å². The second-order valence-corrected chi connectivity index (χ2v) is 6.23. The fraction of sp³-hybridized carbons (Fsp3) is 0.263. The molecule has 0 atom stereocenters. The number of nitrogens with one attached hydrogen (secondary N) is 2. The molecule has 2 aromatic rings. The lowest BCUT2D eigenvalue weighted by Gasteiger charge is -2.10. The van der Waals surface area contributed by atoms with Gasteiger partial charge in [0.2, 0.25) is 5.91 Å². The number of carbonyl (C=O) groups is 2. The van der Waals surface area contributed by atoms with Gasteiger partial charge in [0.15, 0.2) is 6.61 Å². The number of hydrogen-bond acceptors (Lipinski definition) is 3. The Morgan fingerprint density at radius 3 is 2.33 bits per heavy atom. The molecule has 0 aliphatic heterocycles. The molecule has 0 saturated heterocycles. The smallest absolute Gasteiger partial charge is 0.422 e. The van der Waals surface area contributed by atoms with Crippen LogP contribution in [0, 0.1) is 5.92 Å². The summed E-state index contributed by atoms with van der Waals surface area (Å²) in [5.41, 5.74) is 1.29. The van der Waals surface area contributed by atoms with Gasteiger partial charge in [-0.1, -0.05) is 6.07 Å². The molecule has 1 aliphatic carbocycles. The van der Waals surface area contributed by atoms with Crippen molar-refractivity contribution in [1.82, 2.24) is 0 Å². The first-order valence-corrected chi connectivity index (χ1v) is 8.32. The molecule has 0 aromatic heterocycles. The van der Waals surface area contributed by atoms with Crippen molar-refractivity contribution in [2.24, 2.45) is 5.92 Å². The number of anilines is 2. The average molecular weight is 378 g/mol. The van der Waals surface area contributed by atoms with Gasteiger partial charge in [-0.05, 0) is 55.3 Å². The van der Waals surface area contributed by atoms with E-state index in [9.17, 15) is 22.8 Å². The first-order valence-electron chi connectivity index (χ1n) is 8.32. The van der Waals surface area contributed by atoms with Gasteiger partial charge in [0.25, 0.3) is 5.91 Å². The molecule has 142 valence electrons. The maximum Gasteiger partial charge on any atom is 0.422 e. The van der Waals surface area contributed by atoms with Crippen molar-refractivity contribution in [3.63, 3.8) is 0 Å². The Balaban J connectivity index is 1.59. The van der Waals surface area contributed by atoms with E-state index in [-0.39, 0.29) is 17.6 Å². The van der Waals surface area contributed by atoms with E-state index in [1.54, 1.807) is 24.3 Å². The van der Waals surface area contributed by atoms with Crippen molar-refractivity contribution in [2.45, 2.75) is 19.0 Å². The Kier molecular flexibility index (Phi) is 5.34. The summed E-state index contributed by atoms with van der Waals surface area (Å²) < 4.78 is 41.0. The minimum Gasteiger partial charge on any atom is -0.484 e. The molecular weight excluding hydrogens is 361 g/mol. The van der Waals surface area contributed by atoms with Crippen LogP contribution in [0.4, 0.5) is 24.5 Å². The summed E-state index contributed by atoms with van der Waals surface area (Å²) in [4.78, 5) is 24.1. The molecule has 0 heterocycles. The van der Waals surface area contributed by atoms with Crippen molar-refractivity contribution in [2.75, 3.05) is 17.2 Å². The van der Waals surface area contributed by atoms with Crippen molar-refractivity contribution in [1.29, 1.82) is 0 Å². The normalized spacial score (nSPS) is 13.7. The second kappa shape index (κ2) is 7.69. The van der Waals surface area contributed by atoms with Crippen LogP contribution in [0.3, 0.4) is 0 Å². The number of hydrogen-bond donors (Lipinski definition) is 2. The fourth-order valence-corrected chi connectivity index (χ4v) is 2.33. The highest BCUT2D eigenvalue weighted by Crippen LogP contribution is 2.30. The van der Waals surface area contributed by atoms with Crippen LogP contribution in [0.15, 0.2) is 48.5 Å². The van der Waals surface area contributed by atoms with Gasteiger partial charge in [-0.15, -0.1) is 0 Å². The largest absolute Gasteiger partial charge is 0.484 e. The molecule has 0 radical (unpaired) electrons. The lowest BCUT2D eigenvalue weighted by atomic mass is 10.1. The summed E-state index contributed by atoms with van der Waals surface area (Å²) >= 11 is 0. The minimum atomic E-state index is -4.41. The summed E-state index contributed by atoms with van der Waals surface area (Å²) in [6.07, 6.45) is -2.64. The summed E-state index contributed by atoms with van der Waals surface area (Å²) in [5.74, 6) is -0.348. The summed E-state index contributed by atoms with van der Waals surface area (Å²) in [6.45, 7) is -1.38. The lowest BCUT2D eigenvalue weighted by molar-refractivity contribution is -0.153.